The first kappa shape index (κ1) is 22.9. The highest BCUT2D eigenvalue weighted by molar-refractivity contribution is 7.27. The zero-order valence-corrected chi connectivity index (χ0v) is 23.7. The molecule has 0 aliphatic carbocycles. The zero-order valence-electron chi connectivity index (χ0n) is 18.8. The summed E-state index contributed by atoms with van der Waals surface area (Å²) in [6.07, 6.45) is 0. The van der Waals surface area contributed by atoms with Crippen LogP contribution in [0.4, 0.5) is 8.78 Å². The number of aromatic nitrogens is 4. The predicted molar refractivity (Wildman–Crippen MR) is 159 cm³/mol. The maximum Gasteiger partial charge on any atom is 0.143 e. The highest BCUT2D eigenvalue weighted by Gasteiger charge is 2.21. The third-order valence-corrected chi connectivity index (χ3v) is 11.7. The van der Waals surface area contributed by atoms with Crippen molar-refractivity contribution in [2.75, 3.05) is 0 Å². The van der Waals surface area contributed by atoms with E-state index < -0.39 is 0 Å². The predicted octanol–water partition coefficient (Wildman–Crippen LogP) is 10.0. The van der Waals surface area contributed by atoms with Gasteiger partial charge >= 0.3 is 0 Å². The molecule has 0 fully saturated rings. The molecule has 6 heterocycles. The molecule has 4 nitrogen and oxygen atoms in total. The topological polar surface area (TPSA) is 51.6 Å². The van der Waals surface area contributed by atoms with Crippen molar-refractivity contribution in [3.05, 3.63) is 70.9 Å². The molecular formula is C26H10F2N4S6. The van der Waals surface area contributed by atoms with Crippen molar-refractivity contribution in [1.29, 1.82) is 0 Å². The van der Waals surface area contributed by atoms with Crippen LogP contribution in [0.5, 0.6) is 0 Å². The minimum Gasteiger partial charge on any atom is -0.206 e. The number of benzene rings is 2. The smallest absolute Gasteiger partial charge is 0.143 e. The number of hydrogen-bond acceptors (Lipinski definition) is 10. The van der Waals surface area contributed by atoms with Crippen LogP contribution in [0.3, 0.4) is 0 Å². The Morgan fingerprint density at radius 1 is 0.579 bits per heavy atom. The van der Waals surface area contributed by atoms with Gasteiger partial charge in [0, 0.05) is 51.7 Å². The first-order valence-corrected chi connectivity index (χ1v) is 16.0. The lowest BCUT2D eigenvalue weighted by atomic mass is 9.99. The Hall–Kier alpha value is -3.00. The second-order valence-electron chi connectivity index (χ2n) is 8.42. The minimum atomic E-state index is -0.303. The van der Waals surface area contributed by atoms with Gasteiger partial charge in [-0.25, -0.2) is 8.78 Å². The number of rotatable bonds is 4. The van der Waals surface area contributed by atoms with Crippen molar-refractivity contribution >= 4 is 102 Å². The average molecular weight is 609 g/mol. The Morgan fingerprint density at radius 2 is 1.26 bits per heavy atom. The number of thiophene rings is 4. The summed E-state index contributed by atoms with van der Waals surface area (Å²) in [5.41, 5.74) is 5.36. The summed E-state index contributed by atoms with van der Waals surface area (Å²) in [6, 6.07) is 15.2. The van der Waals surface area contributed by atoms with Gasteiger partial charge in [-0.3, -0.25) is 0 Å². The first-order chi connectivity index (χ1) is 18.6. The molecule has 0 saturated carbocycles. The minimum absolute atomic E-state index is 0.303. The van der Waals surface area contributed by atoms with Crippen molar-refractivity contribution in [2.45, 2.75) is 0 Å². The molecule has 2 aromatic carbocycles. The van der Waals surface area contributed by atoms with Crippen LogP contribution < -0.4 is 0 Å². The van der Waals surface area contributed by atoms with Gasteiger partial charge in [-0.1, -0.05) is 6.07 Å². The number of hydrogen-bond donors (Lipinski definition) is 0. The summed E-state index contributed by atoms with van der Waals surface area (Å²) in [5, 5.41) is 5.46. The first-order valence-electron chi connectivity index (χ1n) is 11.2. The highest BCUT2D eigenvalue weighted by Crippen LogP contribution is 2.46. The maximum absolute atomic E-state index is 15.0. The monoisotopic (exact) mass is 608 g/mol. The molecule has 12 heteroatoms. The third kappa shape index (κ3) is 3.52. The molecule has 0 unspecified atom stereocenters. The van der Waals surface area contributed by atoms with Gasteiger partial charge in [0.05, 0.1) is 28.3 Å². The van der Waals surface area contributed by atoms with E-state index in [4.69, 9.17) is 0 Å². The standard InChI is InChI=1S/C26H10F2N4S6/c27-11-6-20(34-10-11)21-9-16(28)26(36-21)19-4-3-18(35-19)15-8-13-12(23-25(15)32-38-30-23)7-14(17-2-1-5-33-17)24-22(13)29-37-31-24/h1-10H. The molecule has 0 saturated heterocycles. The number of fused-ring (bicyclic) bond motifs is 5. The molecule has 8 aromatic rings. The normalized spacial score (nSPS) is 11.9. The lowest BCUT2D eigenvalue weighted by Gasteiger charge is -2.07. The fourth-order valence-corrected chi connectivity index (χ4v) is 9.47. The summed E-state index contributed by atoms with van der Waals surface area (Å²) in [5.74, 6) is -0.606. The van der Waals surface area contributed by atoms with Crippen LogP contribution in [0.15, 0.2) is 59.3 Å². The fraction of sp³-hybridized carbons (Fsp3) is 0. The fourth-order valence-electron chi connectivity index (χ4n) is 4.57. The van der Waals surface area contributed by atoms with Crippen LogP contribution in [0.25, 0.3) is 73.2 Å². The van der Waals surface area contributed by atoms with E-state index in [1.165, 1.54) is 75.0 Å². The van der Waals surface area contributed by atoms with Crippen LogP contribution in [-0.2, 0) is 0 Å². The van der Waals surface area contributed by atoms with Gasteiger partial charge in [-0.2, -0.15) is 17.5 Å². The lowest BCUT2D eigenvalue weighted by Crippen LogP contribution is -1.86. The van der Waals surface area contributed by atoms with Gasteiger partial charge in [-0.05, 0) is 47.8 Å². The molecule has 0 amide bonds. The van der Waals surface area contributed by atoms with E-state index in [1.807, 2.05) is 18.2 Å². The Labute approximate surface area is 237 Å². The largest absolute Gasteiger partial charge is 0.206 e. The molecule has 0 radical (unpaired) electrons. The van der Waals surface area contributed by atoms with Gasteiger partial charge in [0.15, 0.2) is 0 Å². The molecule has 6 aromatic heterocycles. The average Bonchev–Trinajstić information content (AvgIpc) is 3.75. The van der Waals surface area contributed by atoms with Crippen molar-refractivity contribution in [3.8, 4) is 40.4 Å². The molecule has 38 heavy (non-hydrogen) atoms. The van der Waals surface area contributed by atoms with Gasteiger partial charge < -0.3 is 0 Å². The Morgan fingerprint density at radius 3 is 1.92 bits per heavy atom. The summed E-state index contributed by atoms with van der Waals surface area (Å²) in [7, 11) is 0. The summed E-state index contributed by atoms with van der Waals surface area (Å²) >= 11 is 8.18. The van der Waals surface area contributed by atoms with Crippen molar-refractivity contribution in [3.63, 3.8) is 0 Å². The zero-order chi connectivity index (χ0) is 25.4. The van der Waals surface area contributed by atoms with Crippen molar-refractivity contribution in [1.82, 2.24) is 17.5 Å². The van der Waals surface area contributed by atoms with E-state index in [1.54, 1.807) is 11.3 Å². The SMILES string of the molecule is Fc1csc(-c2cc(F)c(-c3ccc(-c4cc5c(cc(-c6cccs6)c6nsnc65)c5nsnc45)s3)s2)c1. The molecule has 184 valence electrons. The molecule has 0 bridgehead atoms. The van der Waals surface area contributed by atoms with E-state index >= 15 is 0 Å². The number of halogens is 2. The van der Waals surface area contributed by atoms with E-state index in [0.29, 0.717) is 4.88 Å². The van der Waals surface area contributed by atoms with E-state index in [2.05, 4.69) is 41.1 Å². The molecular weight excluding hydrogens is 599 g/mol. The molecule has 0 atom stereocenters. The Kier molecular flexibility index (Phi) is 5.29. The van der Waals surface area contributed by atoms with Crippen LogP contribution in [-0.4, -0.2) is 17.5 Å². The second-order valence-corrected chi connectivity index (χ2v) is 13.5. The summed E-state index contributed by atoms with van der Waals surface area (Å²) in [6.45, 7) is 0. The van der Waals surface area contributed by atoms with Crippen LogP contribution in [0, 0.1) is 11.6 Å². The second kappa shape index (κ2) is 8.76. The van der Waals surface area contributed by atoms with E-state index in [9.17, 15) is 8.78 Å². The molecule has 0 aliphatic rings. The Balaban J connectivity index is 1.30. The van der Waals surface area contributed by atoms with Gasteiger partial charge in [-0.15, -0.1) is 45.3 Å². The molecule has 8 rings (SSSR count). The summed E-state index contributed by atoms with van der Waals surface area (Å²) < 4.78 is 47.1. The van der Waals surface area contributed by atoms with Crippen LogP contribution in [0.2, 0.25) is 0 Å². The van der Waals surface area contributed by atoms with E-state index in [-0.39, 0.29) is 11.6 Å². The van der Waals surface area contributed by atoms with E-state index in [0.717, 1.165) is 68.4 Å². The quantitative estimate of drug-likeness (QED) is 0.200. The lowest BCUT2D eigenvalue weighted by molar-refractivity contribution is 0.633. The van der Waals surface area contributed by atoms with Gasteiger partial charge in [0.25, 0.3) is 0 Å². The van der Waals surface area contributed by atoms with Gasteiger partial charge in [0.1, 0.15) is 33.7 Å². The highest BCUT2D eigenvalue weighted by atomic mass is 32.1. The Bertz CT molecular complexity index is 2130. The van der Waals surface area contributed by atoms with Crippen molar-refractivity contribution in [2.24, 2.45) is 0 Å². The maximum atomic E-state index is 15.0. The summed E-state index contributed by atoms with van der Waals surface area (Å²) in [4.78, 5) is 4.91. The molecule has 0 aliphatic heterocycles. The van der Waals surface area contributed by atoms with Crippen molar-refractivity contribution < 1.29 is 8.78 Å². The van der Waals surface area contributed by atoms with Gasteiger partial charge in [0.2, 0.25) is 0 Å². The van der Waals surface area contributed by atoms with Crippen LogP contribution >= 0.6 is 68.8 Å². The molecule has 0 N–H and O–H groups in total. The molecule has 0 spiro atoms. The number of nitrogens with zero attached hydrogens (tertiary/aromatic N) is 4. The third-order valence-electron chi connectivity index (χ3n) is 6.24. The van der Waals surface area contributed by atoms with Crippen LogP contribution in [0.1, 0.15) is 0 Å².